The first-order valence-corrected chi connectivity index (χ1v) is 32.6. The number of hydrogen-bond acceptors (Lipinski definition) is 2. The molecule has 92 heavy (non-hydrogen) atoms. The van der Waals surface area contributed by atoms with E-state index in [1.54, 1.807) is 0 Å². The molecular formula is C90H64N2. The lowest BCUT2D eigenvalue weighted by molar-refractivity contribution is 0.611. The lowest BCUT2D eigenvalue weighted by atomic mass is 9.68. The van der Waals surface area contributed by atoms with E-state index < -0.39 is 0 Å². The van der Waals surface area contributed by atoms with E-state index in [0.29, 0.717) is 0 Å². The second-order valence-electron chi connectivity index (χ2n) is 27.9. The van der Waals surface area contributed by atoms with Crippen molar-refractivity contribution >= 4 is 86.4 Å². The van der Waals surface area contributed by atoms with E-state index >= 15 is 0 Å². The first-order valence-electron chi connectivity index (χ1n) is 32.6. The van der Waals surface area contributed by atoms with E-state index in [0.717, 1.165) is 50.7 Å². The zero-order valence-electron chi connectivity index (χ0n) is 52.5. The first-order chi connectivity index (χ1) is 44.8. The van der Waals surface area contributed by atoms with Crippen molar-refractivity contribution in [2.75, 3.05) is 0 Å². The minimum absolute atomic E-state index is 0.0482. The highest BCUT2D eigenvalue weighted by Crippen LogP contribution is 2.54. The number of rotatable bonds is 4. The molecule has 15 aromatic carbocycles. The molecule has 17 aromatic rings. The fourth-order valence-electron chi connectivity index (χ4n) is 17.1. The summed E-state index contributed by atoms with van der Waals surface area (Å²) in [5.74, 6) is 0. The van der Waals surface area contributed by atoms with Crippen LogP contribution in [0.25, 0.3) is 153 Å². The minimum atomic E-state index is -0.121. The van der Waals surface area contributed by atoms with Crippen LogP contribution in [0.3, 0.4) is 0 Å². The number of hydrogen-bond donors (Lipinski definition) is 0. The van der Waals surface area contributed by atoms with Gasteiger partial charge in [0.25, 0.3) is 0 Å². The van der Waals surface area contributed by atoms with Crippen LogP contribution < -0.4 is 0 Å². The molecule has 0 N–H and O–H groups in total. The summed E-state index contributed by atoms with van der Waals surface area (Å²) >= 11 is 0. The first kappa shape index (κ1) is 53.1. The molecule has 2 aromatic heterocycles. The van der Waals surface area contributed by atoms with Crippen molar-refractivity contribution in [2.45, 2.75) is 64.2 Å². The van der Waals surface area contributed by atoms with Gasteiger partial charge in [0.1, 0.15) is 0 Å². The highest BCUT2D eigenvalue weighted by Gasteiger charge is 2.38. The van der Waals surface area contributed by atoms with Gasteiger partial charge in [0.2, 0.25) is 0 Å². The van der Waals surface area contributed by atoms with E-state index in [1.807, 2.05) is 0 Å². The molecule has 0 bridgehead atoms. The third-order valence-electron chi connectivity index (χ3n) is 21.9. The van der Waals surface area contributed by atoms with E-state index in [2.05, 4.69) is 308 Å². The minimum Gasteiger partial charge on any atom is -0.245 e. The van der Waals surface area contributed by atoms with Crippen LogP contribution in [-0.4, -0.2) is 9.97 Å². The maximum absolute atomic E-state index is 5.29. The molecule has 434 valence electrons. The topological polar surface area (TPSA) is 25.8 Å². The standard InChI is InChI=1S/C47H30.C43H34N2/c1-47(2)41-25-33(35-19-13-31-11-9-27-5-3-7-29-15-23-39(35)45(31)43(27)29)17-21-37(41)38-22-18-34(26-42(38)47)36-20-14-32-12-10-28-6-4-8-30-16-24-40(36)46(32)44(28)30;1-42(2)34-11-7-5-9-28(34)23-29-15-16-30(24-36(29)42)38-21-18-26-13-14-27-19-22-39(45-41(27)40(26)44-38)31-17-20-33-32-10-6-8-12-35(32)43(3,4)37(33)25-31/h3-26H,1-2H3;5-22,24-25H,23H2,1-4H3. The second kappa shape index (κ2) is 19.1. The van der Waals surface area contributed by atoms with Crippen molar-refractivity contribution in [2.24, 2.45) is 0 Å². The zero-order chi connectivity index (χ0) is 61.5. The largest absolute Gasteiger partial charge is 0.245 e. The van der Waals surface area contributed by atoms with Crippen molar-refractivity contribution in [3.8, 4) is 67.0 Å². The van der Waals surface area contributed by atoms with Crippen LogP contribution in [0.1, 0.15) is 86.1 Å². The Morgan fingerprint density at radius 2 is 0.587 bits per heavy atom. The molecule has 3 aliphatic carbocycles. The Kier molecular flexibility index (Phi) is 11.0. The SMILES string of the molecule is CC1(C)c2cc(-c3ccc4ccc5cccc6ccc3c4c56)ccc2-c2ccc(-c3ccc4ccc5cccc6ccc3c4c56)cc21.CC1(C)c2ccccc2Cc2ccc(-c3ccc4ccc5ccc(-c6ccc7c(c6)C(C)(C)c6ccccc6-7)nc5c4n3)cc21. The van der Waals surface area contributed by atoms with Crippen LogP contribution in [0, 0.1) is 0 Å². The maximum Gasteiger partial charge on any atom is 0.0972 e. The van der Waals surface area contributed by atoms with Gasteiger partial charge in [-0.05, 0) is 196 Å². The summed E-state index contributed by atoms with van der Waals surface area (Å²) in [4.78, 5) is 10.6. The molecule has 0 spiro atoms. The molecular weight excluding hydrogens is 1110 g/mol. The van der Waals surface area contributed by atoms with Crippen molar-refractivity contribution in [3.63, 3.8) is 0 Å². The highest BCUT2D eigenvalue weighted by atomic mass is 14.8. The molecule has 0 radical (unpaired) electrons. The Morgan fingerprint density at radius 3 is 1.12 bits per heavy atom. The summed E-state index contributed by atoms with van der Waals surface area (Å²) in [6.45, 7) is 14.2. The van der Waals surface area contributed by atoms with Gasteiger partial charge < -0.3 is 0 Å². The Morgan fingerprint density at radius 1 is 0.239 bits per heavy atom. The van der Waals surface area contributed by atoms with Gasteiger partial charge in [-0.3, -0.25) is 0 Å². The number of aromatic nitrogens is 2. The van der Waals surface area contributed by atoms with Crippen LogP contribution in [0.2, 0.25) is 0 Å². The Balaban J connectivity index is 0.000000132. The monoisotopic (exact) mass is 1170 g/mol. The molecule has 2 heterocycles. The molecule has 2 nitrogen and oxygen atoms in total. The summed E-state index contributed by atoms with van der Waals surface area (Å²) in [5, 5.41) is 18.2. The van der Waals surface area contributed by atoms with Gasteiger partial charge in [-0.25, -0.2) is 9.97 Å². The van der Waals surface area contributed by atoms with Gasteiger partial charge in [-0.1, -0.05) is 272 Å². The third-order valence-corrected chi connectivity index (χ3v) is 21.9. The summed E-state index contributed by atoms with van der Waals surface area (Å²) in [6, 6.07) is 99.7. The van der Waals surface area contributed by atoms with Gasteiger partial charge in [0.15, 0.2) is 0 Å². The van der Waals surface area contributed by atoms with Crippen LogP contribution in [-0.2, 0) is 22.7 Å². The van der Waals surface area contributed by atoms with E-state index in [4.69, 9.17) is 9.97 Å². The molecule has 2 heteroatoms. The predicted octanol–water partition coefficient (Wildman–Crippen LogP) is 23.8. The number of nitrogens with zero attached hydrogens (tertiary/aromatic N) is 2. The summed E-state index contributed by atoms with van der Waals surface area (Å²) in [6.07, 6.45) is 0.976. The van der Waals surface area contributed by atoms with Crippen LogP contribution in [0.15, 0.2) is 267 Å². The number of fused-ring (bicyclic) bond motifs is 11. The molecule has 0 amide bonds. The molecule has 3 aliphatic rings. The van der Waals surface area contributed by atoms with Gasteiger partial charge in [-0.15, -0.1) is 0 Å². The lowest BCUT2D eigenvalue weighted by Crippen LogP contribution is -2.27. The average molecular weight is 1170 g/mol. The molecule has 20 rings (SSSR count). The van der Waals surface area contributed by atoms with Crippen molar-refractivity contribution in [1.29, 1.82) is 0 Å². The Labute approximate surface area is 535 Å². The number of pyridine rings is 2. The van der Waals surface area contributed by atoms with E-state index in [9.17, 15) is 0 Å². The summed E-state index contributed by atoms with van der Waals surface area (Å²) < 4.78 is 0. The van der Waals surface area contributed by atoms with Gasteiger partial charge in [-0.2, -0.15) is 0 Å². The van der Waals surface area contributed by atoms with Crippen molar-refractivity contribution in [1.82, 2.24) is 9.97 Å². The summed E-state index contributed by atoms with van der Waals surface area (Å²) in [7, 11) is 0. The molecule has 0 fully saturated rings. The van der Waals surface area contributed by atoms with Crippen LogP contribution in [0.4, 0.5) is 0 Å². The molecule has 0 aliphatic heterocycles. The Bertz CT molecular complexity index is 5780. The third kappa shape index (κ3) is 7.61. The smallest absolute Gasteiger partial charge is 0.0972 e. The van der Waals surface area contributed by atoms with Crippen LogP contribution in [0.5, 0.6) is 0 Å². The van der Waals surface area contributed by atoms with E-state index in [1.165, 1.54) is 154 Å². The zero-order valence-corrected chi connectivity index (χ0v) is 52.5. The van der Waals surface area contributed by atoms with Crippen LogP contribution >= 0.6 is 0 Å². The highest BCUT2D eigenvalue weighted by molar-refractivity contribution is 6.27. The predicted molar refractivity (Wildman–Crippen MR) is 389 cm³/mol. The molecule has 0 unspecified atom stereocenters. The molecule has 0 saturated carbocycles. The average Bonchev–Trinajstić information content (AvgIpc) is 1.41. The Hall–Kier alpha value is -10.8. The molecule has 0 saturated heterocycles. The fourth-order valence-corrected chi connectivity index (χ4v) is 17.1. The number of benzene rings is 15. The van der Waals surface area contributed by atoms with E-state index in [-0.39, 0.29) is 16.2 Å². The summed E-state index contributed by atoms with van der Waals surface area (Å²) in [5.41, 5.74) is 27.7. The van der Waals surface area contributed by atoms with Gasteiger partial charge in [0.05, 0.1) is 22.4 Å². The maximum atomic E-state index is 5.29. The lowest BCUT2D eigenvalue weighted by Gasteiger charge is -2.35. The molecule has 0 atom stereocenters. The van der Waals surface area contributed by atoms with Crippen molar-refractivity contribution in [3.05, 3.63) is 311 Å². The normalized spacial score (nSPS) is 14.6. The fraction of sp³-hybridized carbons (Fsp3) is 0.111. The van der Waals surface area contributed by atoms with Gasteiger partial charge >= 0.3 is 0 Å². The quantitative estimate of drug-likeness (QED) is 0.164. The van der Waals surface area contributed by atoms with Crippen molar-refractivity contribution < 1.29 is 0 Å². The second-order valence-corrected chi connectivity index (χ2v) is 27.9. The van der Waals surface area contributed by atoms with Gasteiger partial charge in [0, 0.05) is 38.1 Å².